The molecule has 2 nitrogen and oxygen atoms in total. The molecular weight excluding hydrogens is 232 g/mol. The molecule has 90 valence electrons. The van der Waals surface area contributed by atoms with E-state index in [-0.39, 0.29) is 0 Å². The van der Waals surface area contributed by atoms with Crippen LogP contribution in [-0.4, -0.2) is 11.1 Å². The fourth-order valence-corrected chi connectivity index (χ4v) is 3.13. The van der Waals surface area contributed by atoms with E-state index in [4.69, 9.17) is 11.6 Å². The Bertz CT molecular complexity index is 538. The average Bonchev–Trinajstić information content (AvgIpc) is 2.69. The summed E-state index contributed by atoms with van der Waals surface area (Å²) in [6, 6.07) is 8.86. The number of rotatable bonds is 1. The highest BCUT2D eigenvalue weighted by Gasteiger charge is 2.19. The molecule has 3 rings (SSSR count). The molecule has 3 heteroatoms. The number of hydrogen-bond acceptors (Lipinski definition) is 1. The highest BCUT2D eigenvalue weighted by Crippen LogP contribution is 2.31. The van der Waals surface area contributed by atoms with Crippen LogP contribution < -0.4 is 5.32 Å². The maximum Gasteiger partial charge on any atom is 0.0669 e. The normalized spacial score (nSPS) is 20.9. The molecular formula is C14H17ClN2. The van der Waals surface area contributed by atoms with Crippen LogP contribution in [0.5, 0.6) is 0 Å². The number of nitrogens with zero attached hydrogens (tertiary/aromatic N) is 1. The first-order valence-corrected chi connectivity index (χ1v) is 6.62. The van der Waals surface area contributed by atoms with Gasteiger partial charge >= 0.3 is 0 Å². The number of aryl methyl sites for hydroxylation is 1. The summed E-state index contributed by atoms with van der Waals surface area (Å²) in [5.74, 6) is 0. The lowest BCUT2D eigenvalue weighted by atomic mass is 10.0. The van der Waals surface area contributed by atoms with Gasteiger partial charge in [0, 0.05) is 24.2 Å². The first-order chi connectivity index (χ1) is 8.27. The van der Waals surface area contributed by atoms with E-state index in [1.54, 1.807) is 0 Å². The van der Waals surface area contributed by atoms with Crippen LogP contribution in [0.3, 0.4) is 0 Å². The fraction of sp³-hybridized carbons (Fsp3) is 0.429. The van der Waals surface area contributed by atoms with Crippen molar-refractivity contribution < 1.29 is 0 Å². The zero-order valence-electron chi connectivity index (χ0n) is 10.0. The first kappa shape index (κ1) is 11.1. The van der Waals surface area contributed by atoms with Crippen LogP contribution >= 0.6 is 11.6 Å². The predicted octanol–water partition coefficient (Wildman–Crippen LogP) is 3.65. The summed E-state index contributed by atoms with van der Waals surface area (Å²) >= 11 is 6.27. The fourth-order valence-electron chi connectivity index (χ4n) is 2.83. The van der Waals surface area contributed by atoms with Crippen LogP contribution in [0.2, 0.25) is 5.02 Å². The molecule has 1 aliphatic rings. The third-order valence-electron chi connectivity index (χ3n) is 3.71. The SMILES string of the molecule is Cn1c(C2CCCCN2)cc2cccc(Cl)c21. The molecule has 0 spiro atoms. The number of para-hydroxylation sites is 1. The lowest BCUT2D eigenvalue weighted by Gasteiger charge is -2.24. The lowest BCUT2D eigenvalue weighted by Crippen LogP contribution is -2.28. The topological polar surface area (TPSA) is 17.0 Å². The van der Waals surface area contributed by atoms with E-state index in [0.717, 1.165) is 17.1 Å². The van der Waals surface area contributed by atoms with Crippen LogP contribution in [0.4, 0.5) is 0 Å². The van der Waals surface area contributed by atoms with Crippen molar-refractivity contribution >= 4 is 22.5 Å². The molecule has 0 amide bonds. The average molecular weight is 249 g/mol. The van der Waals surface area contributed by atoms with Crippen molar-refractivity contribution in [1.29, 1.82) is 0 Å². The standard InChI is InChI=1S/C14H17ClN2/c1-17-13(12-7-2-3-8-16-12)9-10-5-4-6-11(15)14(10)17/h4-6,9,12,16H,2-3,7-8H2,1H3. The highest BCUT2D eigenvalue weighted by molar-refractivity contribution is 6.35. The molecule has 1 aromatic carbocycles. The van der Waals surface area contributed by atoms with Gasteiger partial charge in [0.05, 0.1) is 10.5 Å². The van der Waals surface area contributed by atoms with Gasteiger partial charge in [-0.2, -0.15) is 0 Å². The first-order valence-electron chi connectivity index (χ1n) is 6.24. The van der Waals surface area contributed by atoms with Crippen LogP contribution in [-0.2, 0) is 7.05 Å². The molecule has 17 heavy (non-hydrogen) atoms. The maximum absolute atomic E-state index is 6.27. The van der Waals surface area contributed by atoms with E-state index in [1.807, 2.05) is 12.1 Å². The van der Waals surface area contributed by atoms with Gasteiger partial charge in [-0.3, -0.25) is 0 Å². The van der Waals surface area contributed by atoms with Gasteiger partial charge < -0.3 is 9.88 Å². The number of piperidine rings is 1. The molecule has 1 atom stereocenters. The Balaban J connectivity index is 2.10. The van der Waals surface area contributed by atoms with E-state index in [9.17, 15) is 0 Å². The van der Waals surface area contributed by atoms with E-state index < -0.39 is 0 Å². The molecule has 2 aromatic rings. The Morgan fingerprint density at radius 3 is 2.94 bits per heavy atom. The van der Waals surface area contributed by atoms with Gasteiger partial charge in [0.1, 0.15) is 0 Å². The van der Waals surface area contributed by atoms with Gasteiger partial charge in [0.25, 0.3) is 0 Å². The summed E-state index contributed by atoms with van der Waals surface area (Å²) in [7, 11) is 2.11. The van der Waals surface area contributed by atoms with E-state index >= 15 is 0 Å². The summed E-state index contributed by atoms with van der Waals surface area (Å²) in [5.41, 5.74) is 2.50. The summed E-state index contributed by atoms with van der Waals surface area (Å²) in [4.78, 5) is 0. The molecule has 1 N–H and O–H groups in total. The minimum absolute atomic E-state index is 0.484. The van der Waals surface area contributed by atoms with Gasteiger partial charge in [0.15, 0.2) is 0 Å². The second-order valence-corrected chi connectivity index (χ2v) is 5.22. The van der Waals surface area contributed by atoms with Crippen molar-refractivity contribution in [2.24, 2.45) is 7.05 Å². The van der Waals surface area contributed by atoms with Crippen molar-refractivity contribution in [3.05, 3.63) is 35.0 Å². The van der Waals surface area contributed by atoms with Crippen LogP contribution in [0.15, 0.2) is 24.3 Å². The van der Waals surface area contributed by atoms with Crippen molar-refractivity contribution in [2.75, 3.05) is 6.54 Å². The molecule has 0 saturated carbocycles. The van der Waals surface area contributed by atoms with Gasteiger partial charge in [-0.15, -0.1) is 0 Å². The van der Waals surface area contributed by atoms with E-state index in [0.29, 0.717) is 6.04 Å². The summed E-state index contributed by atoms with van der Waals surface area (Å²) in [6.45, 7) is 1.12. The third-order valence-corrected chi connectivity index (χ3v) is 4.02. The quantitative estimate of drug-likeness (QED) is 0.815. The zero-order valence-corrected chi connectivity index (χ0v) is 10.8. The van der Waals surface area contributed by atoms with E-state index in [1.165, 1.54) is 30.3 Å². The van der Waals surface area contributed by atoms with Gasteiger partial charge in [-0.05, 0) is 31.5 Å². The maximum atomic E-state index is 6.27. The highest BCUT2D eigenvalue weighted by atomic mass is 35.5. The lowest BCUT2D eigenvalue weighted by molar-refractivity contribution is 0.399. The van der Waals surface area contributed by atoms with Gasteiger partial charge in [-0.1, -0.05) is 30.2 Å². The van der Waals surface area contributed by atoms with Crippen molar-refractivity contribution in [1.82, 2.24) is 9.88 Å². The minimum atomic E-state index is 0.484. The van der Waals surface area contributed by atoms with E-state index in [2.05, 4.69) is 29.1 Å². The van der Waals surface area contributed by atoms with Gasteiger partial charge in [-0.25, -0.2) is 0 Å². The number of hydrogen-bond donors (Lipinski definition) is 1. The van der Waals surface area contributed by atoms with Crippen molar-refractivity contribution in [3.8, 4) is 0 Å². The molecule has 2 heterocycles. The Hall–Kier alpha value is -0.990. The molecule has 1 fully saturated rings. The second-order valence-electron chi connectivity index (χ2n) is 4.81. The summed E-state index contributed by atoms with van der Waals surface area (Å²) < 4.78 is 2.24. The smallest absolute Gasteiger partial charge is 0.0669 e. The summed E-state index contributed by atoms with van der Waals surface area (Å²) in [5, 5.41) is 5.67. The van der Waals surface area contributed by atoms with Crippen molar-refractivity contribution in [3.63, 3.8) is 0 Å². The Labute approximate surface area is 107 Å². The Morgan fingerprint density at radius 1 is 1.35 bits per heavy atom. The Kier molecular flexibility index (Phi) is 2.85. The molecule has 1 aliphatic heterocycles. The van der Waals surface area contributed by atoms with Crippen molar-refractivity contribution in [2.45, 2.75) is 25.3 Å². The molecule has 0 bridgehead atoms. The molecule has 1 aromatic heterocycles. The van der Waals surface area contributed by atoms with Crippen LogP contribution in [0.1, 0.15) is 31.0 Å². The number of aromatic nitrogens is 1. The molecule has 0 aliphatic carbocycles. The van der Waals surface area contributed by atoms with Gasteiger partial charge in [0.2, 0.25) is 0 Å². The van der Waals surface area contributed by atoms with Crippen LogP contribution in [0.25, 0.3) is 10.9 Å². The zero-order chi connectivity index (χ0) is 11.8. The molecule has 1 unspecified atom stereocenters. The summed E-state index contributed by atoms with van der Waals surface area (Å²) in [6.07, 6.45) is 3.83. The number of halogens is 1. The number of fused-ring (bicyclic) bond motifs is 1. The minimum Gasteiger partial charge on any atom is -0.345 e. The number of nitrogens with one attached hydrogen (secondary N) is 1. The Morgan fingerprint density at radius 2 is 2.24 bits per heavy atom. The second kappa shape index (κ2) is 4.35. The largest absolute Gasteiger partial charge is 0.345 e. The predicted molar refractivity (Wildman–Crippen MR) is 72.5 cm³/mol. The number of benzene rings is 1. The molecule has 1 saturated heterocycles. The monoisotopic (exact) mass is 248 g/mol. The molecule has 0 radical (unpaired) electrons. The third kappa shape index (κ3) is 1.85. The van der Waals surface area contributed by atoms with Crippen LogP contribution in [0, 0.1) is 0 Å².